The number of hydrogen-bond donors (Lipinski definition) is 2. The fourth-order valence-electron chi connectivity index (χ4n) is 2.48. The van der Waals surface area contributed by atoms with E-state index in [0.29, 0.717) is 0 Å². The Morgan fingerprint density at radius 1 is 1.36 bits per heavy atom. The number of nitrogens with zero attached hydrogens (tertiary/aromatic N) is 4. The maximum atomic E-state index is 12.1. The van der Waals surface area contributed by atoms with Crippen molar-refractivity contribution >= 4 is 22.7 Å². The van der Waals surface area contributed by atoms with Crippen LogP contribution in [0.4, 0.5) is 5.69 Å². The van der Waals surface area contributed by atoms with Gasteiger partial charge in [0.1, 0.15) is 5.69 Å². The van der Waals surface area contributed by atoms with E-state index >= 15 is 0 Å². The first-order chi connectivity index (χ1) is 11.9. The van der Waals surface area contributed by atoms with Crippen LogP contribution in [0.15, 0.2) is 40.4 Å². The van der Waals surface area contributed by atoms with E-state index in [4.69, 9.17) is 5.11 Å². The van der Waals surface area contributed by atoms with Crippen molar-refractivity contribution in [3.8, 4) is 5.69 Å². The number of H-pyrrole nitrogens is 1. The van der Waals surface area contributed by atoms with Gasteiger partial charge in [-0.2, -0.15) is 0 Å². The Bertz CT molecular complexity index is 1100. The number of fused-ring (bicyclic) bond motifs is 1. The first kappa shape index (κ1) is 16.1. The average Bonchev–Trinajstić information content (AvgIpc) is 3.08. The normalized spacial score (nSPS) is 10.9. The molecular weight excluding hydrogens is 334 g/mol. The summed E-state index contributed by atoms with van der Waals surface area (Å²) in [7, 11) is 0. The fraction of sp³-hybridized carbons (Fsp3) is 0.143. The predicted molar refractivity (Wildman–Crippen MR) is 84.9 cm³/mol. The number of imidazole rings is 1. The van der Waals surface area contributed by atoms with Crippen LogP contribution in [-0.2, 0) is 11.3 Å². The van der Waals surface area contributed by atoms with Gasteiger partial charge in [-0.1, -0.05) is 0 Å². The Hall–Kier alpha value is -3.76. The highest BCUT2D eigenvalue weighted by molar-refractivity contribution is 5.82. The molecule has 128 valence electrons. The zero-order valence-electron chi connectivity index (χ0n) is 12.6. The van der Waals surface area contributed by atoms with Gasteiger partial charge >= 0.3 is 17.1 Å². The van der Waals surface area contributed by atoms with Gasteiger partial charge in [0, 0.05) is 25.0 Å². The van der Waals surface area contributed by atoms with Crippen LogP contribution < -0.4 is 11.1 Å². The lowest BCUT2D eigenvalue weighted by Crippen LogP contribution is -2.36. The van der Waals surface area contributed by atoms with Gasteiger partial charge in [-0.3, -0.25) is 24.5 Å². The lowest BCUT2D eigenvalue weighted by Gasteiger charge is -2.11. The summed E-state index contributed by atoms with van der Waals surface area (Å²) in [5.74, 6) is -1.14. The molecule has 0 unspecified atom stereocenters. The Kier molecular flexibility index (Phi) is 3.89. The summed E-state index contributed by atoms with van der Waals surface area (Å²) >= 11 is 0. The maximum Gasteiger partial charge on any atom is 0.316 e. The van der Waals surface area contributed by atoms with Gasteiger partial charge in [0.25, 0.3) is 5.69 Å². The predicted octanol–water partition coefficient (Wildman–Crippen LogP) is 0.258. The van der Waals surface area contributed by atoms with E-state index < -0.39 is 22.0 Å². The number of aromatic nitrogens is 4. The third-order valence-electron chi connectivity index (χ3n) is 3.60. The molecule has 25 heavy (non-hydrogen) atoms. The molecule has 0 aliphatic rings. The van der Waals surface area contributed by atoms with Crippen LogP contribution in [0.5, 0.6) is 0 Å². The second-order valence-electron chi connectivity index (χ2n) is 5.14. The number of aromatic amines is 1. The highest BCUT2D eigenvalue weighted by Gasteiger charge is 2.20. The Morgan fingerprint density at radius 3 is 2.72 bits per heavy atom. The molecule has 1 aromatic carbocycles. The SMILES string of the molecule is O=C(O)CCn1c(=O)c(=O)[nH]c2cc([N+](=O)[O-])c(-n3ccnc3)cc21. The molecule has 0 saturated carbocycles. The van der Waals surface area contributed by atoms with Gasteiger partial charge in [0.05, 0.1) is 28.7 Å². The van der Waals surface area contributed by atoms with E-state index in [9.17, 15) is 24.5 Å². The summed E-state index contributed by atoms with van der Waals surface area (Å²) in [5.41, 5.74) is -1.84. The molecular formula is C14H11N5O6. The number of nitrogens with one attached hydrogen (secondary N) is 1. The minimum Gasteiger partial charge on any atom is -0.481 e. The zero-order valence-corrected chi connectivity index (χ0v) is 12.6. The summed E-state index contributed by atoms with van der Waals surface area (Å²) < 4.78 is 2.38. The number of aryl methyl sites for hydroxylation is 1. The number of carboxylic acid groups (broad SMARTS) is 1. The molecule has 2 N–H and O–H groups in total. The lowest BCUT2D eigenvalue weighted by molar-refractivity contribution is -0.384. The highest BCUT2D eigenvalue weighted by atomic mass is 16.6. The standard InChI is InChI=1S/C14H11N5O6/c20-12(21)1-3-18-9-6-10(17-4-2-15-7-17)11(19(24)25)5-8(9)16-13(22)14(18)23/h2,4-7H,1,3H2,(H,16,22)(H,20,21). The Morgan fingerprint density at radius 2 is 2.12 bits per heavy atom. The molecule has 3 aromatic rings. The van der Waals surface area contributed by atoms with Crippen molar-refractivity contribution in [1.29, 1.82) is 0 Å². The minimum atomic E-state index is -1.14. The molecule has 0 amide bonds. The van der Waals surface area contributed by atoms with Crippen molar-refractivity contribution in [2.75, 3.05) is 0 Å². The van der Waals surface area contributed by atoms with E-state index in [-0.39, 0.29) is 35.4 Å². The van der Waals surface area contributed by atoms with E-state index in [1.807, 2.05) is 0 Å². The minimum absolute atomic E-state index is 0.0607. The molecule has 0 aliphatic carbocycles. The van der Waals surface area contributed by atoms with Crippen LogP contribution in [-0.4, -0.2) is 35.1 Å². The van der Waals surface area contributed by atoms with Gasteiger partial charge in [-0.15, -0.1) is 0 Å². The largest absolute Gasteiger partial charge is 0.481 e. The number of nitro benzene ring substituents is 1. The Balaban J connectivity index is 2.35. The first-order valence-electron chi connectivity index (χ1n) is 7.04. The highest BCUT2D eigenvalue weighted by Crippen LogP contribution is 2.27. The summed E-state index contributed by atoms with van der Waals surface area (Å²) in [6.07, 6.45) is 3.88. The summed E-state index contributed by atoms with van der Waals surface area (Å²) in [5, 5.41) is 20.2. The van der Waals surface area contributed by atoms with Gasteiger partial charge in [-0.05, 0) is 6.07 Å². The van der Waals surface area contributed by atoms with Crippen molar-refractivity contribution in [3.63, 3.8) is 0 Å². The number of hydrogen-bond acceptors (Lipinski definition) is 6. The number of rotatable bonds is 5. The van der Waals surface area contributed by atoms with Crippen LogP contribution in [0.25, 0.3) is 16.7 Å². The summed E-state index contributed by atoms with van der Waals surface area (Å²) in [6, 6.07) is 2.47. The van der Waals surface area contributed by atoms with Crippen LogP contribution in [0.3, 0.4) is 0 Å². The summed E-state index contributed by atoms with van der Waals surface area (Å²) in [6.45, 7) is -0.240. The van der Waals surface area contributed by atoms with Crippen LogP contribution >= 0.6 is 0 Å². The monoisotopic (exact) mass is 345 g/mol. The molecule has 11 nitrogen and oxygen atoms in total. The van der Waals surface area contributed by atoms with Crippen molar-refractivity contribution in [1.82, 2.24) is 19.1 Å². The Labute approximate surface area is 137 Å². The quantitative estimate of drug-likeness (QED) is 0.382. The number of carbonyl (C=O) groups is 1. The van der Waals surface area contributed by atoms with Crippen molar-refractivity contribution in [2.24, 2.45) is 0 Å². The molecule has 0 atom stereocenters. The topological polar surface area (TPSA) is 153 Å². The molecule has 2 heterocycles. The third-order valence-corrected chi connectivity index (χ3v) is 3.60. The van der Waals surface area contributed by atoms with Gasteiger partial charge in [0.2, 0.25) is 0 Å². The fourth-order valence-corrected chi connectivity index (χ4v) is 2.48. The molecule has 0 spiro atoms. The molecule has 0 saturated heterocycles. The van der Waals surface area contributed by atoms with Gasteiger partial charge < -0.3 is 19.2 Å². The second-order valence-corrected chi connectivity index (χ2v) is 5.14. The lowest BCUT2D eigenvalue weighted by atomic mass is 10.2. The molecule has 2 aromatic heterocycles. The van der Waals surface area contributed by atoms with Crippen molar-refractivity contribution in [3.05, 3.63) is 61.7 Å². The van der Waals surface area contributed by atoms with E-state index in [1.54, 1.807) is 0 Å². The van der Waals surface area contributed by atoms with Gasteiger partial charge in [-0.25, -0.2) is 4.98 Å². The van der Waals surface area contributed by atoms with Crippen LogP contribution in [0, 0.1) is 10.1 Å². The number of benzene rings is 1. The molecule has 0 bridgehead atoms. The van der Waals surface area contributed by atoms with Crippen LogP contribution in [0.2, 0.25) is 0 Å². The third kappa shape index (κ3) is 2.89. The van der Waals surface area contributed by atoms with E-state index in [1.165, 1.54) is 29.4 Å². The van der Waals surface area contributed by atoms with Gasteiger partial charge in [0.15, 0.2) is 0 Å². The number of carboxylic acids is 1. The second kappa shape index (κ2) is 6.03. The molecule has 3 rings (SSSR count). The van der Waals surface area contributed by atoms with E-state index in [2.05, 4.69) is 9.97 Å². The summed E-state index contributed by atoms with van der Waals surface area (Å²) in [4.78, 5) is 51.5. The molecule has 11 heteroatoms. The zero-order chi connectivity index (χ0) is 18.1. The maximum absolute atomic E-state index is 12.1. The van der Waals surface area contributed by atoms with Crippen molar-refractivity contribution < 1.29 is 14.8 Å². The molecule has 0 radical (unpaired) electrons. The number of aliphatic carboxylic acids is 1. The van der Waals surface area contributed by atoms with E-state index in [0.717, 1.165) is 10.6 Å². The average molecular weight is 345 g/mol. The first-order valence-corrected chi connectivity index (χ1v) is 7.04. The van der Waals surface area contributed by atoms with Crippen molar-refractivity contribution in [2.45, 2.75) is 13.0 Å². The molecule has 0 fully saturated rings. The number of nitro groups is 1. The van der Waals surface area contributed by atoms with Crippen LogP contribution in [0.1, 0.15) is 6.42 Å². The smallest absolute Gasteiger partial charge is 0.316 e. The molecule has 0 aliphatic heterocycles.